The van der Waals surface area contributed by atoms with E-state index in [-0.39, 0.29) is 34.1 Å². The first-order chi connectivity index (χ1) is 12.1. The molecule has 0 aliphatic heterocycles. The van der Waals surface area contributed by atoms with E-state index in [4.69, 9.17) is 11.5 Å². The standard InChI is InChI=1S/C18H20N4O3S/c1-7(2)17-21-12-11(16(20)24)15(19)22(18(25)14(12)26-17)13-8(3)5-6-10(23)9(13)4/h5-7,23H,19H2,1-4H3,(H2,20,24). The largest absolute Gasteiger partial charge is 0.508 e. The molecule has 0 radical (unpaired) electrons. The second-order valence-corrected chi connectivity index (χ2v) is 7.56. The van der Waals surface area contributed by atoms with Crippen molar-refractivity contribution in [1.82, 2.24) is 9.55 Å². The molecular weight excluding hydrogens is 352 g/mol. The molecule has 0 bridgehead atoms. The van der Waals surface area contributed by atoms with Crippen molar-refractivity contribution >= 4 is 33.3 Å². The first-order valence-corrected chi connectivity index (χ1v) is 8.91. The van der Waals surface area contributed by atoms with Crippen LogP contribution >= 0.6 is 11.3 Å². The number of benzene rings is 1. The number of primary amides is 1. The molecule has 26 heavy (non-hydrogen) atoms. The van der Waals surface area contributed by atoms with E-state index in [0.29, 0.717) is 16.0 Å². The van der Waals surface area contributed by atoms with Gasteiger partial charge >= 0.3 is 0 Å². The number of nitrogen functional groups attached to an aromatic ring is 1. The molecule has 0 spiro atoms. The molecule has 136 valence electrons. The number of phenolic OH excluding ortho intramolecular Hbond substituents is 1. The number of anilines is 1. The van der Waals surface area contributed by atoms with Crippen LogP contribution in [0.2, 0.25) is 0 Å². The summed E-state index contributed by atoms with van der Waals surface area (Å²) < 4.78 is 1.56. The molecule has 1 aromatic carbocycles. The van der Waals surface area contributed by atoms with Gasteiger partial charge in [0.25, 0.3) is 11.5 Å². The summed E-state index contributed by atoms with van der Waals surface area (Å²) in [7, 11) is 0. The number of hydrogen-bond donors (Lipinski definition) is 3. The van der Waals surface area contributed by atoms with Gasteiger partial charge in [0, 0.05) is 11.5 Å². The normalized spacial score (nSPS) is 11.4. The molecule has 0 aliphatic rings. The predicted molar refractivity (Wildman–Crippen MR) is 103 cm³/mol. The van der Waals surface area contributed by atoms with E-state index in [1.54, 1.807) is 26.0 Å². The van der Waals surface area contributed by atoms with E-state index < -0.39 is 5.91 Å². The summed E-state index contributed by atoms with van der Waals surface area (Å²) in [6.07, 6.45) is 0. The zero-order valence-corrected chi connectivity index (χ0v) is 15.8. The van der Waals surface area contributed by atoms with E-state index in [1.807, 2.05) is 13.8 Å². The van der Waals surface area contributed by atoms with Crippen molar-refractivity contribution in [1.29, 1.82) is 0 Å². The van der Waals surface area contributed by atoms with Crippen LogP contribution in [-0.4, -0.2) is 20.6 Å². The molecule has 7 nitrogen and oxygen atoms in total. The lowest BCUT2D eigenvalue weighted by molar-refractivity contribution is 0.100. The Balaban J connectivity index is 2.55. The Labute approximate surface area is 153 Å². The molecule has 0 aliphatic carbocycles. The Morgan fingerprint density at radius 1 is 1.31 bits per heavy atom. The van der Waals surface area contributed by atoms with Crippen LogP contribution in [0.4, 0.5) is 5.82 Å². The highest BCUT2D eigenvalue weighted by molar-refractivity contribution is 7.18. The number of hydrogen-bond acceptors (Lipinski definition) is 6. The van der Waals surface area contributed by atoms with Crippen LogP contribution in [0.25, 0.3) is 15.9 Å². The Morgan fingerprint density at radius 3 is 2.54 bits per heavy atom. The lowest BCUT2D eigenvalue weighted by Gasteiger charge is -2.17. The lowest BCUT2D eigenvalue weighted by atomic mass is 10.1. The quantitative estimate of drug-likeness (QED) is 0.652. The zero-order chi connectivity index (χ0) is 19.3. The van der Waals surface area contributed by atoms with E-state index in [1.165, 1.54) is 15.9 Å². The maximum atomic E-state index is 13.2. The van der Waals surface area contributed by atoms with Gasteiger partial charge in [-0.3, -0.25) is 14.2 Å². The number of carbonyl (C=O) groups excluding carboxylic acids is 1. The third-order valence-electron chi connectivity index (χ3n) is 4.34. The molecule has 0 saturated carbocycles. The summed E-state index contributed by atoms with van der Waals surface area (Å²) in [4.78, 5) is 29.7. The van der Waals surface area contributed by atoms with Gasteiger partial charge in [-0.25, -0.2) is 4.98 Å². The Morgan fingerprint density at radius 2 is 1.96 bits per heavy atom. The summed E-state index contributed by atoms with van der Waals surface area (Å²) in [5.74, 6) is -0.707. The van der Waals surface area contributed by atoms with Crippen LogP contribution in [0.1, 0.15) is 46.3 Å². The Kier molecular flexibility index (Phi) is 4.23. The van der Waals surface area contributed by atoms with Crippen LogP contribution in [0.15, 0.2) is 16.9 Å². The maximum absolute atomic E-state index is 13.2. The molecule has 1 amide bonds. The van der Waals surface area contributed by atoms with E-state index in [0.717, 1.165) is 10.6 Å². The molecule has 8 heteroatoms. The highest BCUT2D eigenvalue weighted by Gasteiger charge is 2.25. The molecule has 3 rings (SSSR count). The van der Waals surface area contributed by atoms with Crippen LogP contribution in [0.3, 0.4) is 0 Å². The van der Waals surface area contributed by atoms with Crippen molar-refractivity contribution in [3.05, 3.63) is 44.2 Å². The minimum atomic E-state index is -0.752. The first-order valence-electron chi connectivity index (χ1n) is 8.09. The second kappa shape index (κ2) is 6.14. The van der Waals surface area contributed by atoms with Gasteiger partial charge in [-0.1, -0.05) is 19.9 Å². The number of fused-ring (bicyclic) bond motifs is 1. The third kappa shape index (κ3) is 2.53. The van der Waals surface area contributed by atoms with Crippen molar-refractivity contribution in [2.75, 3.05) is 5.73 Å². The molecule has 0 atom stereocenters. The summed E-state index contributed by atoms with van der Waals surface area (Å²) in [5.41, 5.74) is 13.3. The first kappa shape index (κ1) is 17.9. The average molecular weight is 372 g/mol. The molecule has 3 aromatic rings. The number of nitrogens with zero attached hydrogens (tertiary/aromatic N) is 2. The number of aromatic hydroxyl groups is 1. The molecule has 0 fully saturated rings. The third-order valence-corrected chi connectivity index (χ3v) is 5.69. The molecule has 2 heterocycles. The van der Waals surface area contributed by atoms with Gasteiger partial charge in [-0.2, -0.15) is 0 Å². The van der Waals surface area contributed by atoms with Gasteiger partial charge in [0.1, 0.15) is 27.3 Å². The second-order valence-electron chi connectivity index (χ2n) is 6.52. The number of phenols is 1. The Bertz CT molecular complexity index is 1110. The monoisotopic (exact) mass is 372 g/mol. The van der Waals surface area contributed by atoms with Crippen LogP contribution in [-0.2, 0) is 0 Å². The number of aryl methyl sites for hydroxylation is 1. The van der Waals surface area contributed by atoms with Gasteiger partial charge in [0.15, 0.2) is 0 Å². The minimum absolute atomic E-state index is 0.0184. The molecule has 0 saturated heterocycles. The van der Waals surface area contributed by atoms with Crippen molar-refractivity contribution in [3.63, 3.8) is 0 Å². The smallest absolute Gasteiger partial charge is 0.276 e. The van der Waals surface area contributed by atoms with Gasteiger partial charge in [-0.15, -0.1) is 11.3 Å². The topological polar surface area (TPSA) is 124 Å². The predicted octanol–water partition coefficient (Wildman–Crippen LogP) is 2.57. The highest BCUT2D eigenvalue weighted by Crippen LogP contribution is 2.33. The van der Waals surface area contributed by atoms with Crippen LogP contribution in [0, 0.1) is 13.8 Å². The highest BCUT2D eigenvalue weighted by atomic mass is 32.1. The summed E-state index contributed by atoms with van der Waals surface area (Å²) in [6.45, 7) is 7.39. The summed E-state index contributed by atoms with van der Waals surface area (Å²) in [5, 5.41) is 10.8. The Hall–Kier alpha value is -2.87. The van der Waals surface area contributed by atoms with Crippen LogP contribution in [0.5, 0.6) is 5.75 Å². The van der Waals surface area contributed by atoms with Crippen molar-refractivity contribution in [2.45, 2.75) is 33.6 Å². The molecule has 2 aromatic heterocycles. The van der Waals surface area contributed by atoms with E-state index in [2.05, 4.69) is 4.98 Å². The molecular formula is C18H20N4O3S. The number of rotatable bonds is 3. The number of thiazole rings is 1. The van der Waals surface area contributed by atoms with Crippen molar-refractivity contribution in [3.8, 4) is 11.4 Å². The fraction of sp³-hybridized carbons (Fsp3) is 0.278. The van der Waals surface area contributed by atoms with Crippen LogP contribution < -0.4 is 17.0 Å². The minimum Gasteiger partial charge on any atom is -0.508 e. The fourth-order valence-corrected chi connectivity index (χ4v) is 3.98. The summed E-state index contributed by atoms with van der Waals surface area (Å²) >= 11 is 1.23. The van der Waals surface area contributed by atoms with Gasteiger partial charge < -0.3 is 16.6 Å². The number of aromatic nitrogens is 2. The van der Waals surface area contributed by atoms with E-state index >= 15 is 0 Å². The number of pyridine rings is 1. The maximum Gasteiger partial charge on any atom is 0.276 e. The number of nitrogens with two attached hydrogens (primary N) is 2. The average Bonchev–Trinajstić information content (AvgIpc) is 2.99. The molecule has 5 N–H and O–H groups in total. The zero-order valence-electron chi connectivity index (χ0n) is 15.0. The lowest BCUT2D eigenvalue weighted by Crippen LogP contribution is -2.27. The SMILES string of the molecule is Cc1ccc(O)c(C)c1-n1c(N)c(C(N)=O)c2nc(C(C)C)sc2c1=O. The van der Waals surface area contributed by atoms with Crippen molar-refractivity contribution in [2.24, 2.45) is 5.73 Å². The van der Waals surface area contributed by atoms with E-state index in [9.17, 15) is 14.7 Å². The number of amides is 1. The summed E-state index contributed by atoms with van der Waals surface area (Å²) in [6, 6.07) is 3.23. The van der Waals surface area contributed by atoms with Gasteiger partial charge in [0.05, 0.1) is 10.7 Å². The van der Waals surface area contributed by atoms with Crippen molar-refractivity contribution < 1.29 is 9.90 Å². The van der Waals surface area contributed by atoms with Gasteiger partial charge in [0.2, 0.25) is 0 Å². The van der Waals surface area contributed by atoms with Gasteiger partial charge in [-0.05, 0) is 25.5 Å². The number of carbonyl (C=O) groups is 1. The molecule has 0 unspecified atom stereocenters. The fourth-order valence-electron chi connectivity index (χ4n) is 2.98.